The van der Waals surface area contributed by atoms with Gasteiger partial charge in [-0.2, -0.15) is 0 Å². The normalized spacial score (nSPS) is 13.7. The summed E-state index contributed by atoms with van der Waals surface area (Å²) < 4.78 is 0. The Bertz CT molecular complexity index is 751. The van der Waals surface area contributed by atoms with E-state index in [1.54, 1.807) is 16.7 Å². The van der Waals surface area contributed by atoms with Crippen molar-refractivity contribution in [3.05, 3.63) is 46.0 Å². The van der Waals surface area contributed by atoms with Crippen molar-refractivity contribution in [3.8, 4) is 0 Å². The predicted octanol–water partition coefficient (Wildman–Crippen LogP) is 4.43. The van der Waals surface area contributed by atoms with Crippen LogP contribution in [-0.2, 0) is 11.2 Å². The second kappa shape index (κ2) is 8.15. The van der Waals surface area contributed by atoms with Crippen molar-refractivity contribution >= 4 is 40.4 Å². The smallest absolute Gasteiger partial charge is 0.260 e. The summed E-state index contributed by atoms with van der Waals surface area (Å²) in [4.78, 5) is 31.0. The van der Waals surface area contributed by atoms with Crippen LogP contribution in [0.25, 0.3) is 0 Å². The summed E-state index contributed by atoms with van der Waals surface area (Å²) in [6, 6.07) is 8.00. The number of aryl methyl sites for hydroxylation is 2. The number of amides is 1. The Morgan fingerprint density at radius 3 is 2.68 bits per heavy atom. The zero-order chi connectivity index (χ0) is 17.8. The summed E-state index contributed by atoms with van der Waals surface area (Å²) in [5.41, 5.74) is 2.93. The van der Waals surface area contributed by atoms with Crippen molar-refractivity contribution in [2.75, 3.05) is 17.0 Å². The van der Waals surface area contributed by atoms with Gasteiger partial charge in [0, 0.05) is 16.9 Å². The molecule has 1 heterocycles. The molecule has 1 aromatic carbocycles. The van der Waals surface area contributed by atoms with Crippen molar-refractivity contribution in [1.29, 1.82) is 0 Å². The SMILES string of the molecule is CSCN(C(=O)c1ccc(C2CC2)cc1)c1nc(C)c(CCC=O)s1. The van der Waals surface area contributed by atoms with E-state index >= 15 is 0 Å². The van der Waals surface area contributed by atoms with Crippen LogP contribution < -0.4 is 4.90 Å². The lowest BCUT2D eigenvalue weighted by Crippen LogP contribution is -2.30. The molecular weight excluding hydrogens is 352 g/mol. The molecule has 1 aliphatic carbocycles. The van der Waals surface area contributed by atoms with E-state index in [1.807, 2.05) is 25.3 Å². The number of nitrogens with zero attached hydrogens (tertiary/aromatic N) is 2. The van der Waals surface area contributed by atoms with Gasteiger partial charge in [0.25, 0.3) is 5.91 Å². The molecule has 25 heavy (non-hydrogen) atoms. The van der Waals surface area contributed by atoms with Crippen molar-refractivity contribution in [2.45, 2.75) is 38.5 Å². The van der Waals surface area contributed by atoms with Gasteiger partial charge >= 0.3 is 0 Å². The molecule has 0 bridgehead atoms. The first-order chi connectivity index (χ1) is 12.1. The number of aromatic nitrogens is 1. The van der Waals surface area contributed by atoms with E-state index in [9.17, 15) is 9.59 Å². The summed E-state index contributed by atoms with van der Waals surface area (Å²) in [7, 11) is 0. The maximum absolute atomic E-state index is 13.0. The number of carbonyl (C=O) groups excluding carboxylic acids is 2. The van der Waals surface area contributed by atoms with E-state index in [-0.39, 0.29) is 5.91 Å². The van der Waals surface area contributed by atoms with Gasteiger partial charge in [-0.25, -0.2) is 4.98 Å². The molecule has 4 nitrogen and oxygen atoms in total. The molecule has 0 N–H and O–H groups in total. The second-order valence-electron chi connectivity index (χ2n) is 6.26. The summed E-state index contributed by atoms with van der Waals surface area (Å²) in [5, 5.41) is 0.712. The predicted molar refractivity (Wildman–Crippen MR) is 105 cm³/mol. The van der Waals surface area contributed by atoms with Crippen molar-refractivity contribution in [2.24, 2.45) is 0 Å². The molecule has 132 valence electrons. The van der Waals surface area contributed by atoms with Crippen molar-refractivity contribution < 1.29 is 9.59 Å². The van der Waals surface area contributed by atoms with E-state index in [0.29, 0.717) is 35.3 Å². The van der Waals surface area contributed by atoms with Crippen LogP contribution in [0, 0.1) is 6.92 Å². The van der Waals surface area contributed by atoms with E-state index in [2.05, 4.69) is 17.1 Å². The molecule has 0 aliphatic heterocycles. The summed E-state index contributed by atoms with van der Waals surface area (Å²) in [5.74, 6) is 1.23. The molecule has 0 radical (unpaired) electrons. The summed E-state index contributed by atoms with van der Waals surface area (Å²) >= 11 is 3.10. The average Bonchev–Trinajstić information content (AvgIpc) is 3.41. The standard InChI is InChI=1S/C19H22N2O2S2/c1-13-17(4-3-11-22)25-19(20-13)21(12-24-2)18(23)16-9-7-15(8-10-16)14-5-6-14/h7-11,14H,3-6,12H2,1-2H3. The number of aldehydes is 1. The monoisotopic (exact) mass is 374 g/mol. The van der Waals surface area contributed by atoms with E-state index < -0.39 is 0 Å². The molecule has 1 aromatic heterocycles. The first-order valence-corrected chi connectivity index (χ1v) is 10.7. The van der Waals surface area contributed by atoms with Gasteiger partial charge in [-0.05, 0) is 56.1 Å². The first kappa shape index (κ1) is 18.1. The number of thiazole rings is 1. The largest absolute Gasteiger partial charge is 0.303 e. The van der Waals surface area contributed by atoms with Gasteiger partial charge in [0.15, 0.2) is 5.13 Å². The summed E-state index contributed by atoms with van der Waals surface area (Å²) in [6.07, 6.45) is 6.59. The highest BCUT2D eigenvalue weighted by Crippen LogP contribution is 2.40. The fourth-order valence-electron chi connectivity index (χ4n) is 2.75. The number of anilines is 1. The van der Waals surface area contributed by atoms with E-state index in [4.69, 9.17) is 0 Å². The molecule has 1 aliphatic rings. The molecule has 1 fully saturated rings. The molecule has 1 amide bonds. The second-order valence-corrected chi connectivity index (χ2v) is 8.16. The van der Waals surface area contributed by atoms with Gasteiger partial charge in [-0.3, -0.25) is 9.69 Å². The van der Waals surface area contributed by atoms with Gasteiger partial charge < -0.3 is 4.79 Å². The molecule has 1 saturated carbocycles. The van der Waals surface area contributed by atoms with Crippen LogP contribution >= 0.6 is 23.1 Å². The molecule has 3 rings (SSSR count). The third-order valence-electron chi connectivity index (χ3n) is 4.31. The van der Waals surface area contributed by atoms with Crippen LogP contribution in [0.5, 0.6) is 0 Å². The van der Waals surface area contributed by atoms with Gasteiger partial charge in [0.2, 0.25) is 0 Å². The Labute approximate surface area is 156 Å². The summed E-state index contributed by atoms with van der Waals surface area (Å²) in [6.45, 7) is 1.94. The Morgan fingerprint density at radius 2 is 2.08 bits per heavy atom. The highest BCUT2D eigenvalue weighted by atomic mass is 32.2. The van der Waals surface area contributed by atoms with Crippen LogP contribution in [0.1, 0.15) is 51.7 Å². The molecule has 0 atom stereocenters. The minimum absolute atomic E-state index is 0.0209. The van der Waals surface area contributed by atoms with Gasteiger partial charge in [0.1, 0.15) is 6.29 Å². The van der Waals surface area contributed by atoms with Crippen LogP contribution in [0.2, 0.25) is 0 Å². The van der Waals surface area contributed by atoms with Crippen molar-refractivity contribution in [1.82, 2.24) is 4.98 Å². The molecule has 0 unspecified atom stereocenters. The lowest BCUT2D eigenvalue weighted by molar-refractivity contribution is -0.107. The number of rotatable bonds is 8. The highest BCUT2D eigenvalue weighted by Gasteiger charge is 2.25. The Hall–Kier alpha value is -1.66. The van der Waals surface area contributed by atoms with Crippen LogP contribution in [0.4, 0.5) is 5.13 Å². The van der Waals surface area contributed by atoms with Gasteiger partial charge in [0.05, 0.1) is 11.6 Å². The topological polar surface area (TPSA) is 50.3 Å². The Balaban J connectivity index is 1.81. The van der Waals surface area contributed by atoms with E-state index in [1.165, 1.54) is 29.7 Å². The number of hydrogen-bond donors (Lipinski definition) is 0. The average molecular weight is 375 g/mol. The maximum atomic E-state index is 13.0. The van der Waals surface area contributed by atoms with Crippen LogP contribution in [0.3, 0.4) is 0 Å². The van der Waals surface area contributed by atoms with Crippen molar-refractivity contribution in [3.63, 3.8) is 0 Å². The Morgan fingerprint density at radius 1 is 1.36 bits per heavy atom. The molecule has 2 aromatic rings. The minimum Gasteiger partial charge on any atom is -0.303 e. The lowest BCUT2D eigenvalue weighted by atomic mass is 10.1. The lowest BCUT2D eigenvalue weighted by Gasteiger charge is -2.19. The van der Waals surface area contributed by atoms with Crippen LogP contribution in [-0.4, -0.2) is 29.3 Å². The quantitative estimate of drug-likeness (QED) is 0.507. The third-order valence-corrected chi connectivity index (χ3v) is 6.07. The Kier molecular flexibility index (Phi) is 5.91. The number of thioether (sulfide) groups is 1. The van der Waals surface area contributed by atoms with E-state index in [0.717, 1.165) is 16.9 Å². The number of hydrogen-bond acceptors (Lipinski definition) is 5. The first-order valence-electron chi connectivity index (χ1n) is 8.44. The zero-order valence-corrected chi connectivity index (χ0v) is 16.2. The molecule has 0 saturated heterocycles. The number of carbonyl (C=O) groups is 2. The molecular formula is C19H22N2O2S2. The highest BCUT2D eigenvalue weighted by molar-refractivity contribution is 7.98. The van der Waals surface area contributed by atoms with Gasteiger partial charge in [-0.1, -0.05) is 12.1 Å². The van der Waals surface area contributed by atoms with Gasteiger partial charge in [-0.15, -0.1) is 23.1 Å². The number of benzene rings is 1. The zero-order valence-electron chi connectivity index (χ0n) is 14.5. The molecule has 6 heteroatoms. The third kappa shape index (κ3) is 4.30. The fraction of sp³-hybridized carbons (Fsp3) is 0.421. The minimum atomic E-state index is -0.0209. The molecule has 0 spiro atoms. The van der Waals surface area contributed by atoms with Crippen LogP contribution in [0.15, 0.2) is 24.3 Å². The fourth-order valence-corrected chi connectivity index (χ4v) is 4.40. The maximum Gasteiger partial charge on any atom is 0.260 e.